The van der Waals surface area contributed by atoms with Crippen molar-refractivity contribution >= 4 is 17.7 Å². The highest BCUT2D eigenvalue weighted by atomic mass is 16.5. The van der Waals surface area contributed by atoms with Crippen molar-refractivity contribution in [3.05, 3.63) is 22.5 Å². The topological polar surface area (TPSA) is 74.6 Å². The van der Waals surface area contributed by atoms with Crippen LogP contribution in [0.5, 0.6) is 0 Å². The van der Waals surface area contributed by atoms with Gasteiger partial charge in [0.1, 0.15) is 5.69 Å². The Bertz CT molecular complexity index is 600. The van der Waals surface area contributed by atoms with Gasteiger partial charge in [0.2, 0.25) is 0 Å². The highest BCUT2D eigenvalue weighted by Gasteiger charge is 2.35. The van der Waals surface area contributed by atoms with E-state index in [-0.39, 0.29) is 30.3 Å². The third kappa shape index (κ3) is 2.57. The summed E-state index contributed by atoms with van der Waals surface area (Å²) in [5, 5.41) is 0. The molecule has 6 nitrogen and oxygen atoms in total. The predicted molar refractivity (Wildman–Crippen MR) is 74.6 cm³/mol. The molecule has 6 heteroatoms. The Balaban J connectivity index is 2.64. The number of aromatic nitrogens is 1. The maximum absolute atomic E-state index is 12.2. The van der Waals surface area contributed by atoms with Crippen molar-refractivity contribution in [1.29, 1.82) is 0 Å². The summed E-state index contributed by atoms with van der Waals surface area (Å²) in [6.45, 7) is 3.79. The standard InChI is InChI=1S/C15H19NO5/c1-4-20-14(18)11-9-7-6-8-10(17)12(9)16(3)13(11)15(19)21-5-2/h4-8H2,1-3H3. The van der Waals surface area contributed by atoms with Crippen LogP contribution in [-0.2, 0) is 22.9 Å². The van der Waals surface area contributed by atoms with Crippen LogP contribution in [0.1, 0.15) is 63.6 Å². The summed E-state index contributed by atoms with van der Waals surface area (Å²) in [6.07, 6.45) is 1.68. The Kier molecular flexibility index (Phi) is 4.45. The Hall–Kier alpha value is -2.11. The second-order valence-electron chi connectivity index (χ2n) is 4.83. The summed E-state index contributed by atoms with van der Waals surface area (Å²) in [6, 6.07) is 0. The van der Waals surface area contributed by atoms with Crippen molar-refractivity contribution in [3.63, 3.8) is 0 Å². The number of Topliss-reactive ketones (excluding diaryl/α,β-unsaturated/α-hetero) is 1. The van der Waals surface area contributed by atoms with Gasteiger partial charge in [-0.3, -0.25) is 4.79 Å². The zero-order valence-electron chi connectivity index (χ0n) is 12.5. The van der Waals surface area contributed by atoms with E-state index < -0.39 is 11.9 Å². The Labute approximate surface area is 123 Å². The monoisotopic (exact) mass is 293 g/mol. The number of hydrogen-bond donors (Lipinski definition) is 0. The van der Waals surface area contributed by atoms with E-state index in [0.29, 0.717) is 30.5 Å². The lowest BCUT2D eigenvalue weighted by Crippen LogP contribution is -2.17. The molecule has 0 unspecified atom stereocenters. The molecule has 2 rings (SSSR count). The summed E-state index contributed by atoms with van der Waals surface area (Å²) in [4.78, 5) is 36.5. The quantitative estimate of drug-likeness (QED) is 0.793. The van der Waals surface area contributed by atoms with Crippen molar-refractivity contribution in [2.45, 2.75) is 33.1 Å². The predicted octanol–water partition coefficient (Wildman–Crippen LogP) is 1.90. The molecule has 0 N–H and O–H groups in total. The summed E-state index contributed by atoms with van der Waals surface area (Å²) >= 11 is 0. The summed E-state index contributed by atoms with van der Waals surface area (Å²) in [7, 11) is 1.61. The van der Waals surface area contributed by atoms with Gasteiger partial charge in [0.05, 0.1) is 24.5 Å². The maximum atomic E-state index is 12.2. The molecular weight excluding hydrogens is 274 g/mol. The van der Waals surface area contributed by atoms with Crippen molar-refractivity contribution in [3.8, 4) is 0 Å². The van der Waals surface area contributed by atoms with Gasteiger partial charge in [-0.1, -0.05) is 0 Å². The molecule has 21 heavy (non-hydrogen) atoms. The number of ketones is 1. The molecule has 0 aliphatic heterocycles. The number of rotatable bonds is 4. The van der Waals surface area contributed by atoms with Gasteiger partial charge >= 0.3 is 11.9 Å². The molecule has 0 fully saturated rings. The number of hydrogen-bond acceptors (Lipinski definition) is 5. The molecule has 1 aromatic rings. The van der Waals surface area contributed by atoms with E-state index in [1.807, 2.05) is 0 Å². The van der Waals surface area contributed by atoms with Crippen LogP contribution in [0.25, 0.3) is 0 Å². The first kappa shape index (κ1) is 15.3. The lowest BCUT2D eigenvalue weighted by Gasteiger charge is -2.12. The molecule has 0 bridgehead atoms. The Morgan fingerprint density at radius 2 is 1.71 bits per heavy atom. The lowest BCUT2D eigenvalue weighted by atomic mass is 9.93. The van der Waals surface area contributed by atoms with Crippen LogP contribution in [0.15, 0.2) is 0 Å². The molecule has 0 amide bonds. The van der Waals surface area contributed by atoms with E-state index >= 15 is 0 Å². The molecule has 0 radical (unpaired) electrons. The van der Waals surface area contributed by atoms with Crippen LogP contribution >= 0.6 is 0 Å². The minimum atomic E-state index is -0.606. The highest BCUT2D eigenvalue weighted by molar-refractivity contribution is 6.09. The fraction of sp³-hybridized carbons (Fsp3) is 0.533. The molecule has 1 aromatic heterocycles. The second kappa shape index (κ2) is 6.11. The van der Waals surface area contributed by atoms with Crippen LogP contribution in [0, 0.1) is 0 Å². The third-order valence-corrected chi connectivity index (χ3v) is 3.54. The molecule has 0 saturated carbocycles. The minimum Gasteiger partial charge on any atom is -0.462 e. The summed E-state index contributed by atoms with van der Waals surface area (Å²) < 4.78 is 11.5. The van der Waals surface area contributed by atoms with E-state index in [2.05, 4.69) is 0 Å². The number of fused-ring (bicyclic) bond motifs is 1. The van der Waals surface area contributed by atoms with Gasteiger partial charge in [-0.2, -0.15) is 0 Å². The van der Waals surface area contributed by atoms with Crippen LogP contribution < -0.4 is 0 Å². The van der Waals surface area contributed by atoms with Crippen molar-refractivity contribution in [2.24, 2.45) is 7.05 Å². The van der Waals surface area contributed by atoms with Gasteiger partial charge in [-0.15, -0.1) is 0 Å². The maximum Gasteiger partial charge on any atom is 0.355 e. The summed E-state index contributed by atoms with van der Waals surface area (Å²) in [5.41, 5.74) is 1.32. The first-order valence-corrected chi connectivity index (χ1v) is 7.11. The number of nitrogens with zero attached hydrogens (tertiary/aromatic N) is 1. The zero-order valence-corrected chi connectivity index (χ0v) is 12.5. The second-order valence-corrected chi connectivity index (χ2v) is 4.83. The van der Waals surface area contributed by atoms with E-state index in [1.54, 1.807) is 20.9 Å². The van der Waals surface area contributed by atoms with E-state index in [0.717, 1.165) is 0 Å². The molecule has 1 heterocycles. The van der Waals surface area contributed by atoms with Crippen LogP contribution in [-0.4, -0.2) is 35.5 Å². The van der Waals surface area contributed by atoms with Crippen LogP contribution in [0.3, 0.4) is 0 Å². The average Bonchev–Trinajstić information content (AvgIpc) is 2.74. The van der Waals surface area contributed by atoms with E-state index in [4.69, 9.17) is 9.47 Å². The number of carbonyl (C=O) groups is 3. The van der Waals surface area contributed by atoms with Crippen LogP contribution in [0.4, 0.5) is 0 Å². The smallest absolute Gasteiger partial charge is 0.355 e. The molecular formula is C15H19NO5. The number of esters is 2. The zero-order chi connectivity index (χ0) is 15.6. The van der Waals surface area contributed by atoms with Crippen LogP contribution in [0.2, 0.25) is 0 Å². The molecule has 0 aromatic carbocycles. The van der Waals surface area contributed by atoms with Gasteiger partial charge in [-0.05, 0) is 32.3 Å². The molecule has 0 atom stereocenters. The summed E-state index contributed by atoms with van der Waals surface area (Å²) in [5.74, 6) is -1.24. The highest BCUT2D eigenvalue weighted by Crippen LogP contribution is 2.30. The van der Waals surface area contributed by atoms with Gasteiger partial charge < -0.3 is 14.0 Å². The van der Waals surface area contributed by atoms with Gasteiger partial charge in [0.15, 0.2) is 5.78 Å². The molecule has 0 spiro atoms. The van der Waals surface area contributed by atoms with Gasteiger partial charge in [-0.25, -0.2) is 9.59 Å². The fourth-order valence-corrected chi connectivity index (χ4v) is 2.75. The van der Waals surface area contributed by atoms with Crippen molar-refractivity contribution in [1.82, 2.24) is 4.57 Å². The largest absolute Gasteiger partial charge is 0.462 e. The lowest BCUT2D eigenvalue weighted by molar-refractivity contribution is 0.0471. The van der Waals surface area contributed by atoms with Crippen molar-refractivity contribution in [2.75, 3.05) is 13.2 Å². The molecule has 1 aliphatic carbocycles. The molecule has 114 valence electrons. The third-order valence-electron chi connectivity index (χ3n) is 3.54. The molecule has 0 saturated heterocycles. The Morgan fingerprint density at radius 1 is 1.10 bits per heavy atom. The Morgan fingerprint density at radius 3 is 2.33 bits per heavy atom. The number of ether oxygens (including phenoxy) is 2. The average molecular weight is 293 g/mol. The fourth-order valence-electron chi connectivity index (χ4n) is 2.75. The number of carbonyl (C=O) groups excluding carboxylic acids is 3. The van der Waals surface area contributed by atoms with E-state index in [1.165, 1.54) is 4.57 Å². The first-order valence-electron chi connectivity index (χ1n) is 7.11. The normalized spacial score (nSPS) is 13.8. The van der Waals surface area contributed by atoms with Gasteiger partial charge in [0.25, 0.3) is 0 Å². The van der Waals surface area contributed by atoms with E-state index in [9.17, 15) is 14.4 Å². The first-order chi connectivity index (χ1) is 10.0. The SMILES string of the molecule is CCOC(=O)c1c2c(n(C)c1C(=O)OCC)C(=O)CCC2. The van der Waals surface area contributed by atoms with Crippen molar-refractivity contribution < 1.29 is 23.9 Å². The minimum absolute atomic E-state index is 0.0557. The van der Waals surface area contributed by atoms with Gasteiger partial charge in [0, 0.05) is 13.5 Å². The molecule has 1 aliphatic rings.